The summed E-state index contributed by atoms with van der Waals surface area (Å²) in [7, 11) is 3.75. The van der Waals surface area contributed by atoms with Crippen LogP contribution in [0.5, 0.6) is 0 Å². The highest BCUT2D eigenvalue weighted by atomic mass is 16.3. The summed E-state index contributed by atoms with van der Waals surface area (Å²) >= 11 is 0. The molecule has 0 amide bonds. The first-order valence-corrected chi connectivity index (χ1v) is 3.60. The van der Waals surface area contributed by atoms with Crippen LogP contribution >= 0.6 is 0 Å². The Labute approximate surface area is 63.1 Å². The molecule has 0 spiro atoms. The molecule has 0 aliphatic heterocycles. The second kappa shape index (κ2) is 15.9. The number of aliphatic hydroxyl groups is 1. The first-order chi connectivity index (χ1) is 4.83. The fourth-order valence-electron chi connectivity index (χ4n) is 0.391. The van der Waals surface area contributed by atoms with Crippen molar-refractivity contribution in [3.05, 3.63) is 0 Å². The van der Waals surface area contributed by atoms with Crippen molar-refractivity contribution in [3.63, 3.8) is 0 Å². The lowest BCUT2D eigenvalue weighted by Gasteiger charge is -1.88. The summed E-state index contributed by atoms with van der Waals surface area (Å²) in [6, 6.07) is 0. The third-order valence-corrected chi connectivity index (χ3v) is 0.802. The van der Waals surface area contributed by atoms with E-state index in [0.29, 0.717) is 6.42 Å². The van der Waals surface area contributed by atoms with Crippen LogP contribution in [0, 0.1) is 0 Å². The van der Waals surface area contributed by atoms with Gasteiger partial charge >= 0.3 is 0 Å². The highest BCUT2D eigenvalue weighted by molar-refractivity contribution is 4.35. The van der Waals surface area contributed by atoms with E-state index in [0.717, 1.165) is 12.8 Å². The van der Waals surface area contributed by atoms with Crippen molar-refractivity contribution in [2.45, 2.75) is 19.3 Å². The third-order valence-electron chi connectivity index (χ3n) is 0.802. The zero-order valence-electron chi connectivity index (χ0n) is 6.89. The molecule has 3 heteroatoms. The zero-order valence-corrected chi connectivity index (χ0v) is 6.89. The molecule has 0 fully saturated rings. The molecule has 0 heterocycles. The van der Waals surface area contributed by atoms with Gasteiger partial charge in [-0.05, 0) is 33.4 Å². The number of unbranched alkanes of at least 4 members (excludes halogenated alkanes) is 2. The van der Waals surface area contributed by atoms with E-state index >= 15 is 0 Å². The molecule has 0 aromatic carbocycles. The van der Waals surface area contributed by atoms with Crippen LogP contribution in [0.1, 0.15) is 19.3 Å². The van der Waals surface area contributed by atoms with Crippen molar-refractivity contribution in [3.8, 4) is 0 Å². The van der Waals surface area contributed by atoms with Gasteiger partial charge in [-0.25, -0.2) is 5.11 Å². The predicted molar refractivity (Wildman–Crippen MR) is 41.5 cm³/mol. The van der Waals surface area contributed by atoms with Crippen molar-refractivity contribution in [1.82, 2.24) is 5.32 Å². The number of aliphatic hydroxyl groups excluding tert-OH is 1. The van der Waals surface area contributed by atoms with Crippen molar-refractivity contribution in [2.24, 2.45) is 0 Å². The first-order valence-electron chi connectivity index (χ1n) is 3.60. The first kappa shape index (κ1) is 12.5. The maximum atomic E-state index is 9.72. The maximum absolute atomic E-state index is 9.72. The Balaban J connectivity index is 0. The molecular weight excluding hydrogens is 130 g/mol. The molecule has 0 bridgehead atoms. The van der Waals surface area contributed by atoms with E-state index < -0.39 is 0 Å². The highest BCUT2D eigenvalue weighted by Crippen LogP contribution is 1.90. The Morgan fingerprint density at radius 2 is 1.70 bits per heavy atom. The summed E-state index contributed by atoms with van der Waals surface area (Å²) in [5.41, 5.74) is 0. The molecule has 0 saturated carbocycles. The second-order valence-electron chi connectivity index (χ2n) is 1.99. The monoisotopic (exact) mass is 148 g/mol. The van der Waals surface area contributed by atoms with E-state index in [2.05, 4.69) is 5.32 Å². The molecule has 0 atom stereocenters. The molecule has 0 saturated heterocycles. The average Bonchev–Trinajstić information content (AvgIpc) is 1.91. The summed E-state index contributed by atoms with van der Waals surface area (Å²) in [6.45, 7) is 0.222. The van der Waals surface area contributed by atoms with Crippen LogP contribution in [0.3, 0.4) is 0 Å². The number of hydrogen-bond donors (Lipinski definition) is 2. The van der Waals surface area contributed by atoms with Crippen LogP contribution in [-0.4, -0.2) is 32.4 Å². The van der Waals surface area contributed by atoms with Crippen LogP contribution in [0.2, 0.25) is 0 Å². The minimum atomic E-state index is 0. The number of nitrogens with one attached hydrogen (secondary N) is 1. The molecule has 3 nitrogen and oxygen atoms in total. The quantitative estimate of drug-likeness (QED) is 0.567. The Morgan fingerprint density at radius 1 is 1.20 bits per heavy atom. The molecule has 10 heavy (non-hydrogen) atoms. The molecule has 0 aliphatic rings. The summed E-state index contributed by atoms with van der Waals surface area (Å²) in [5, 5.41) is 20.7. The summed E-state index contributed by atoms with van der Waals surface area (Å²) in [4.78, 5) is 0. The average molecular weight is 148 g/mol. The van der Waals surface area contributed by atoms with Gasteiger partial charge in [0.25, 0.3) is 0 Å². The smallest absolute Gasteiger partial charge is 0.0822 e. The van der Waals surface area contributed by atoms with E-state index in [1.54, 1.807) is 0 Å². The summed E-state index contributed by atoms with van der Waals surface area (Å²) in [6.07, 6.45) is 2.36. The Morgan fingerprint density at radius 3 is 2.00 bits per heavy atom. The Bertz CT molecular complexity index is 38.6. The number of hydrogen-bond acceptors (Lipinski definition) is 2. The van der Waals surface area contributed by atoms with Crippen LogP contribution < -0.4 is 5.32 Å². The number of rotatable bonds is 4. The minimum absolute atomic E-state index is 0. The van der Waals surface area contributed by atoms with Crippen LogP contribution in [0.25, 0.3) is 0 Å². The molecule has 0 rings (SSSR count). The van der Waals surface area contributed by atoms with Gasteiger partial charge in [0.15, 0.2) is 0 Å². The van der Waals surface area contributed by atoms with Gasteiger partial charge in [-0.15, -0.1) is 0 Å². The lowest BCUT2D eigenvalue weighted by atomic mass is 10.2. The largest absolute Gasteiger partial charge is 0.396 e. The second-order valence-corrected chi connectivity index (χ2v) is 1.99. The predicted octanol–water partition coefficient (Wildman–Crippen LogP) is 0.415. The fourth-order valence-corrected chi connectivity index (χ4v) is 0.391. The molecule has 2 N–H and O–H groups in total. The lowest BCUT2D eigenvalue weighted by Crippen LogP contribution is -1.89. The topological polar surface area (TPSA) is 52.2 Å². The molecule has 0 aliphatic carbocycles. The molecule has 0 aromatic rings. The van der Waals surface area contributed by atoms with Gasteiger partial charge in [0.1, 0.15) is 0 Å². The van der Waals surface area contributed by atoms with Crippen LogP contribution in [0.4, 0.5) is 0 Å². The van der Waals surface area contributed by atoms with Gasteiger partial charge in [-0.2, -0.15) is 0 Å². The van der Waals surface area contributed by atoms with E-state index in [1.807, 2.05) is 14.1 Å². The highest BCUT2D eigenvalue weighted by Gasteiger charge is 1.82. The normalized spacial score (nSPS) is 8.40. The van der Waals surface area contributed by atoms with E-state index in [9.17, 15) is 5.11 Å². The van der Waals surface area contributed by atoms with Gasteiger partial charge in [-0.3, -0.25) is 0 Å². The minimum Gasteiger partial charge on any atom is -0.396 e. The van der Waals surface area contributed by atoms with E-state index in [-0.39, 0.29) is 13.2 Å². The maximum Gasteiger partial charge on any atom is 0.0822 e. The van der Waals surface area contributed by atoms with Crippen molar-refractivity contribution >= 4 is 0 Å². The molecule has 0 aromatic heterocycles. The van der Waals surface area contributed by atoms with Crippen molar-refractivity contribution in [2.75, 3.05) is 27.3 Å². The molecule has 63 valence electrons. The SMILES string of the molecule is CNC.[O]CCCCCO. The third kappa shape index (κ3) is 24.8. The molecule has 1 radical (unpaired) electrons. The van der Waals surface area contributed by atoms with Crippen LogP contribution in [0.15, 0.2) is 0 Å². The molecule has 0 unspecified atom stereocenters. The summed E-state index contributed by atoms with van der Waals surface area (Å²) in [5.74, 6) is 0. The van der Waals surface area contributed by atoms with Gasteiger partial charge in [0.2, 0.25) is 0 Å². The Hall–Kier alpha value is -0.120. The molecular formula is C7H18NO2. The van der Waals surface area contributed by atoms with Gasteiger partial charge in [-0.1, -0.05) is 0 Å². The lowest BCUT2D eigenvalue weighted by molar-refractivity contribution is 0.182. The van der Waals surface area contributed by atoms with Gasteiger partial charge in [0.05, 0.1) is 6.61 Å². The van der Waals surface area contributed by atoms with Crippen LogP contribution in [-0.2, 0) is 5.11 Å². The van der Waals surface area contributed by atoms with Crippen molar-refractivity contribution < 1.29 is 10.2 Å². The summed E-state index contributed by atoms with van der Waals surface area (Å²) < 4.78 is 0. The van der Waals surface area contributed by atoms with E-state index in [4.69, 9.17) is 5.11 Å². The Kier molecular flexibility index (Phi) is 20.0. The van der Waals surface area contributed by atoms with Gasteiger partial charge < -0.3 is 10.4 Å². The fraction of sp³-hybridized carbons (Fsp3) is 1.00. The van der Waals surface area contributed by atoms with Crippen molar-refractivity contribution in [1.29, 1.82) is 0 Å². The standard InChI is InChI=1S/C5H11O2.C2H7N/c6-4-2-1-3-5-7;1-3-2/h6H,1-5H2;3H,1-2H3. The zero-order chi connectivity index (χ0) is 8.24. The van der Waals surface area contributed by atoms with Gasteiger partial charge in [0, 0.05) is 6.61 Å². The van der Waals surface area contributed by atoms with E-state index in [1.165, 1.54) is 0 Å².